The predicted molar refractivity (Wildman–Crippen MR) is 102 cm³/mol. The number of rotatable bonds is 4. The third kappa shape index (κ3) is 4.14. The number of piperazine rings is 1. The summed E-state index contributed by atoms with van der Waals surface area (Å²) in [6.45, 7) is 5.88. The van der Waals surface area contributed by atoms with E-state index in [1.165, 1.54) is 6.07 Å². The maximum atomic E-state index is 12.5. The Morgan fingerprint density at radius 3 is 2.74 bits per heavy atom. The third-order valence-corrected chi connectivity index (χ3v) is 5.53. The van der Waals surface area contributed by atoms with Crippen LogP contribution in [0, 0.1) is 0 Å². The van der Waals surface area contributed by atoms with Crippen LogP contribution in [0.5, 0.6) is 5.75 Å². The number of hydrogen-bond acceptors (Lipinski definition) is 6. The van der Waals surface area contributed by atoms with Gasteiger partial charge in [-0.15, -0.1) is 0 Å². The lowest BCUT2D eigenvalue weighted by Crippen LogP contribution is -2.50. The fraction of sp³-hybridized carbons (Fsp3) is 0.500. The van der Waals surface area contributed by atoms with Crippen LogP contribution in [-0.4, -0.2) is 79.6 Å². The van der Waals surface area contributed by atoms with Gasteiger partial charge in [0, 0.05) is 62.8 Å². The molecule has 7 heteroatoms. The molecule has 0 bridgehead atoms. The average molecular weight is 371 g/mol. The van der Waals surface area contributed by atoms with Gasteiger partial charge in [-0.05, 0) is 31.7 Å². The van der Waals surface area contributed by atoms with Crippen molar-refractivity contribution in [1.82, 2.24) is 14.7 Å². The van der Waals surface area contributed by atoms with Crippen LogP contribution in [0.15, 0.2) is 39.5 Å². The molecule has 2 aliphatic rings. The summed E-state index contributed by atoms with van der Waals surface area (Å²) in [6.07, 6.45) is 1.02. The predicted octanol–water partition coefficient (Wildman–Crippen LogP) is 1.02. The van der Waals surface area contributed by atoms with Crippen molar-refractivity contribution in [3.63, 3.8) is 0 Å². The third-order valence-electron chi connectivity index (χ3n) is 5.53. The Hall–Kier alpha value is -2.38. The fourth-order valence-electron chi connectivity index (χ4n) is 3.82. The van der Waals surface area contributed by atoms with Gasteiger partial charge in [0.2, 0.25) is 0 Å². The molecule has 1 unspecified atom stereocenters. The number of benzene rings is 1. The first-order chi connectivity index (χ1) is 13.1. The summed E-state index contributed by atoms with van der Waals surface area (Å²) >= 11 is 0. The molecule has 4 rings (SSSR count). The highest BCUT2D eigenvalue weighted by molar-refractivity contribution is 5.79. The van der Waals surface area contributed by atoms with Crippen LogP contribution >= 0.6 is 0 Å². The first-order valence-corrected chi connectivity index (χ1v) is 9.45. The number of ether oxygens (including phenoxy) is 1. The van der Waals surface area contributed by atoms with Crippen LogP contribution in [0.3, 0.4) is 0 Å². The number of fused-ring (bicyclic) bond motifs is 1. The molecular formula is C20H25N3O4. The van der Waals surface area contributed by atoms with E-state index in [0.717, 1.165) is 51.1 Å². The zero-order chi connectivity index (χ0) is 18.8. The van der Waals surface area contributed by atoms with Crippen molar-refractivity contribution < 1.29 is 13.9 Å². The Labute approximate surface area is 158 Å². The second-order valence-corrected chi connectivity index (χ2v) is 7.36. The van der Waals surface area contributed by atoms with E-state index >= 15 is 0 Å². The Kier molecular flexibility index (Phi) is 5.13. The average Bonchev–Trinajstić information content (AvgIpc) is 3.16. The lowest BCUT2D eigenvalue weighted by molar-refractivity contribution is -0.132. The summed E-state index contributed by atoms with van der Waals surface area (Å²) in [4.78, 5) is 30.6. The fourth-order valence-corrected chi connectivity index (χ4v) is 3.82. The molecule has 3 heterocycles. The van der Waals surface area contributed by atoms with Gasteiger partial charge in [0.05, 0.1) is 0 Å². The number of amides is 1. The lowest BCUT2D eigenvalue weighted by atomic mass is 10.2. The molecule has 2 aliphatic heterocycles. The van der Waals surface area contributed by atoms with E-state index in [2.05, 4.69) is 16.8 Å². The van der Waals surface area contributed by atoms with Gasteiger partial charge in [0.25, 0.3) is 5.91 Å². The summed E-state index contributed by atoms with van der Waals surface area (Å²) in [6, 6.07) is 8.80. The summed E-state index contributed by atoms with van der Waals surface area (Å²) in [5.74, 6) is 0.529. The number of carbonyl (C=O) groups excluding carboxylic acids is 1. The zero-order valence-electron chi connectivity index (χ0n) is 15.6. The molecule has 0 spiro atoms. The van der Waals surface area contributed by atoms with Gasteiger partial charge in [-0.25, -0.2) is 4.79 Å². The number of nitrogens with zero attached hydrogens (tertiary/aromatic N) is 3. The van der Waals surface area contributed by atoms with E-state index < -0.39 is 5.63 Å². The smallest absolute Gasteiger partial charge is 0.336 e. The highest BCUT2D eigenvalue weighted by atomic mass is 16.5. The van der Waals surface area contributed by atoms with Gasteiger partial charge in [-0.2, -0.15) is 0 Å². The Morgan fingerprint density at radius 2 is 1.93 bits per heavy atom. The highest BCUT2D eigenvalue weighted by Gasteiger charge is 2.31. The SMILES string of the molecule is CN1CCN(C2CCN(C(=O)COc3ccc4ccc(=O)oc4c3)C2)CC1. The molecule has 2 aromatic rings. The van der Waals surface area contributed by atoms with Crippen LogP contribution in [0.25, 0.3) is 11.0 Å². The maximum absolute atomic E-state index is 12.5. The first kappa shape index (κ1) is 18.0. The van der Waals surface area contributed by atoms with E-state index in [0.29, 0.717) is 17.4 Å². The molecule has 144 valence electrons. The molecule has 1 amide bonds. The van der Waals surface area contributed by atoms with E-state index in [1.54, 1.807) is 18.2 Å². The maximum Gasteiger partial charge on any atom is 0.336 e. The molecule has 1 aromatic heterocycles. The van der Waals surface area contributed by atoms with Crippen molar-refractivity contribution in [2.45, 2.75) is 12.5 Å². The van der Waals surface area contributed by atoms with Gasteiger partial charge in [0.1, 0.15) is 11.3 Å². The quantitative estimate of drug-likeness (QED) is 0.748. The molecule has 7 nitrogen and oxygen atoms in total. The van der Waals surface area contributed by atoms with E-state index in [1.807, 2.05) is 11.0 Å². The Balaban J connectivity index is 1.31. The number of likely N-dealkylation sites (N-methyl/N-ethyl adjacent to an activating group) is 1. The molecule has 27 heavy (non-hydrogen) atoms. The van der Waals surface area contributed by atoms with Gasteiger partial charge < -0.3 is 19.0 Å². The van der Waals surface area contributed by atoms with Crippen molar-refractivity contribution in [1.29, 1.82) is 0 Å². The van der Waals surface area contributed by atoms with Crippen molar-refractivity contribution >= 4 is 16.9 Å². The number of likely N-dealkylation sites (tertiary alicyclic amines) is 1. The molecular weight excluding hydrogens is 346 g/mol. The van der Waals surface area contributed by atoms with Crippen molar-refractivity contribution in [2.24, 2.45) is 0 Å². The van der Waals surface area contributed by atoms with E-state index in [-0.39, 0.29) is 12.5 Å². The van der Waals surface area contributed by atoms with Crippen LogP contribution in [-0.2, 0) is 4.79 Å². The Morgan fingerprint density at radius 1 is 1.15 bits per heavy atom. The molecule has 2 fully saturated rings. The second-order valence-electron chi connectivity index (χ2n) is 7.36. The first-order valence-electron chi connectivity index (χ1n) is 9.45. The van der Waals surface area contributed by atoms with Crippen LogP contribution in [0.2, 0.25) is 0 Å². The molecule has 0 radical (unpaired) electrons. The molecule has 0 aliphatic carbocycles. The summed E-state index contributed by atoms with van der Waals surface area (Å²) in [5, 5.41) is 0.822. The van der Waals surface area contributed by atoms with Gasteiger partial charge in [0.15, 0.2) is 6.61 Å². The highest BCUT2D eigenvalue weighted by Crippen LogP contribution is 2.21. The monoisotopic (exact) mass is 371 g/mol. The number of hydrogen-bond donors (Lipinski definition) is 0. The van der Waals surface area contributed by atoms with Crippen molar-refractivity contribution in [3.05, 3.63) is 40.8 Å². The molecule has 0 N–H and O–H groups in total. The minimum atomic E-state index is -0.400. The normalized spacial score (nSPS) is 21.7. The molecule has 1 atom stereocenters. The standard InChI is InChI=1S/C20H25N3O4/c1-21-8-10-22(11-9-21)16-6-7-23(13-16)19(24)14-26-17-4-2-15-3-5-20(25)27-18(15)12-17/h2-5,12,16H,6-11,13-14H2,1H3. The largest absolute Gasteiger partial charge is 0.484 e. The zero-order valence-corrected chi connectivity index (χ0v) is 15.6. The van der Waals surface area contributed by atoms with Crippen LogP contribution < -0.4 is 10.4 Å². The van der Waals surface area contributed by atoms with Crippen LogP contribution in [0.4, 0.5) is 0 Å². The van der Waals surface area contributed by atoms with Crippen molar-refractivity contribution in [3.8, 4) is 5.75 Å². The summed E-state index contributed by atoms with van der Waals surface area (Å²) < 4.78 is 10.8. The van der Waals surface area contributed by atoms with Crippen molar-refractivity contribution in [2.75, 3.05) is 52.9 Å². The minimum absolute atomic E-state index is 0.00115. The van der Waals surface area contributed by atoms with E-state index in [4.69, 9.17) is 9.15 Å². The van der Waals surface area contributed by atoms with E-state index in [9.17, 15) is 9.59 Å². The second kappa shape index (κ2) is 7.70. The van der Waals surface area contributed by atoms with Gasteiger partial charge >= 0.3 is 5.63 Å². The minimum Gasteiger partial charge on any atom is -0.484 e. The van der Waals surface area contributed by atoms with Gasteiger partial charge in [-0.3, -0.25) is 9.69 Å². The summed E-state index contributed by atoms with van der Waals surface area (Å²) in [7, 11) is 2.15. The topological polar surface area (TPSA) is 66.2 Å². The summed E-state index contributed by atoms with van der Waals surface area (Å²) in [5.41, 5.74) is 0.0616. The number of carbonyl (C=O) groups is 1. The Bertz CT molecular complexity index is 873. The van der Waals surface area contributed by atoms with Crippen LogP contribution in [0.1, 0.15) is 6.42 Å². The molecule has 1 aromatic carbocycles. The van der Waals surface area contributed by atoms with Gasteiger partial charge in [-0.1, -0.05) is 0 Å². The lowest BCUT2D eigenvalue weighted by Gasteiger charge is -2.36. The molecule has 0 saturated carbocycles. The molecule has 2 saturated heterocycles.